The first-order valence-electron chi connectivity index (χ1n) is 25.9. The van der Waals surface area contributed by atoms with Gasteiger partial charge in [-0.15, -0.1) is 0 Å². The summed E-state index contributed by atoms with van der Waals surface area (Å²) in [4.78, 5) is 0. The van der Waals surface area contributed by atoms with Gasteiger partial charge in [-0.1, -0.05) is 238 Å². The fraction of sp³-hybridized carbons (Fsp3) is 0.373. The Kier molecular flexibility index (Phi) is 15.9. The van der Waals surface area contributed by atoms with Crippen molar-refractivity contribution in [1.82, 2.24) is 0 Å². The Hall–Kier alpha value is -5.11. The fourth-order valence-electron chi connectivity index (χ4n) is 11.2. The summed E-state index contributed by atoms with van der Waals surface area (Å²) in [5.41, 5.74) is 28.2. The SMILES string of the molecule is CC(C)c1cccc(C(C)C)c1-c1cccc(-c2c(C(C)C)cccc2C(C)C)c1-c1cccc(-c2c(-c3c(C(C)C)cccc3C(C)C)cccc2-c2c(C(C)C)cccc2C(C)C)c1CS. The van der Waals surface area contributed by atoms with Gasteiger partial charge in [-0.05, 0) is 164 Å². The summed E-state index contributed by atoms with van der Waals surface area (Å²) in [6, 6.07) is 49.7. The molecule has 0 heterocycles. The number of benzene rings is 7. The predicted octanol–water partition coefficient (Wildman–Crippen LogP) is 21.1. The third-order valence-electron chi connectivity index (χ3n) is 14.6. The van der Waals surface area contributed by atoms with Crippen LogP contribution in [0, 0.1) is 0 Å². The summed E-state index contributed by atoms with van der Waals surface area (Å²) in [5.74, 6) is 3.29. The molecule has 354 valence electrons. The monoisotopic (exact) mass is 917 g/mol. The minimum Gasteiger partial charge on any atom is -0.175 e. The van der Waals surface area contributed by atoms with Crippen molar-refractivity contribution in [3.05, 3.63) is 177 Å². The van der Waals surface area contributed by atoms with Crippen LogP contribution in [0.15, 0.2) is 127 Å². The van der Waals surface area contributed by atoms with Crippen LogP contribution in [-0.2, 0) is 5.75 Å². The van der Waals surface area contributed by atoms with Gasteiger partial charge in [-0.2, -0.15) is 12.6 Å². The molecule has 1 heteroatoms. The zero-order chi connectivity index (χ0) is 49.3. The molecule has 7 aromatic carbocycles. The van der Waals surface area contributed by atoms with Gasteiger partial charge in [0.25, 0.3) is 0 Å². The zero-order valence-electron chi connectivity index (χ0n) is 44.4. The van der Waals surface area contributed by atoms with Crippen molar-refractivity contribution >= 4 is 12.6 Å². The first kappa shape index (κ1) is 50.8. The highest BCUT2D eigenvalue weighted by molar-refractivity contribution is 7.79. The third kappa shape index (κ3) is 9.59. The average Bonchev–Trinajstić information content (AvgIpc) is 3.31. The second-order valence-electron chi connectivity index (χ2n) is 21.9. The molecule has 0 bridgehead atoms. The van der Waals surface area contributed by atoms with Gasteiger partial charge in [-0.25, -0.2) is 0 Å². The largest absolute Gasteiger partial charge is 0.175 e. The molecule has 7 aromatic rings. The lowest BCUT2D eigenvalue weighted by Gasteiger charge is -2.29. The summed E-state index contributed by atoms with van der Waals surface area (Å²) >= 11 is 5.46. The van der Waals surface area contributed by atoms with E-state index in [1.807, 2.05) is 0 Å². The van der Waals surface area contributed by atoms with E-state index in [1.165, 1.54) is 117 Å². The summed E-state index contributed by atoms with van der Waals surface area (Å²) in [5, 5.41) is 0. The molecule has 0 atom stereocenters. The van der Waals surface area contributed by atoms with E-state index < -0.39 is 0 Å². The van der Waals surface area contributed by atoms with Gasteiger partial charge in [0.05, 0.1) is 0 Å². The van der Waals surface area contributed by atoms with Crippen molar-refractivity contribution in [2.24, 2.45) is 0 Å². The normalized spacial score (nSPS) is 12.1. The van der Waals surface area contributed by atoms with Crippen LogP contribution in [0.3, 0.4) is 0 Å². The van der Waals surface area contributed by atoms with Crippen molar-refractivity contribution < 1.29 is 0 Å². The lowest BCUT2D eigenvalue weighted by molar-refractivity contribution is 0.837. The maximum absolute atomic E-state index is 5.46. The van der Waals surface area contributed by atoms with Crippen LogP contribution < -0.4 is 0 Å². The number of hydrogen-bond acceptors (Lipinski definition) is 1. The molecule has 0 aromatic heterocycles. The Morgan fingerprint density at radius 3 is 0.559 bits per heavy atom. The first-order chi connectivity index (χ1) is 32.4. The Labute approximate surface area is 418 Å². The molecular formula is C67H80S. The molecule has 0 saturated heterocycles. The Balaban J connectivity index is 1.76. The third-order valence-corrected chi connectivity index (χ3v) is 14.9. The van der Waals surface area contributed by atoms with Gasteiger partial charge < -0.3 is 0 Å². The Bertz CT molecular complexity index is 2430. The molecule has 0 N–H and O–H groups in total. The number of rotatable bonds is 15. The molecule has 0 saturated carbocycles. The van der Waals surface area contributed by atoms with Crippen LogP contribution >= 0.6 is 12.6 Å². The topological polar surface area (TPSA) is 0 Å². The smallest absolute Gasteiger partial charge is 0.0166 e. The van der Waals surface area contributed by atoms with Crippen molar-refractivity contribution in [3.8, 4) is 66.8 Å². The minimum atomic E-state index is 0.340. The van der Waals surface area contributed by atoms with Crippen molar-refractivity contribution in [2.45, 2.75) is 164 Å². The Morgan fingerprint density at radius 1 is 0.235 bits per heavy atom. The van der Waals surface area contributed by atoms with E-state index in [-0.39, 0.29) is 0 Å². The van der Waals surface area contributed by atoms with E-state index in [4.69, 9.17) is 12.6 Å². The summed E-state index contributed by atoms with van der Waals surface area (Å²) < 4.78 is 0. The highest BCUT2D eigenvalue weighted by Gasteiger charge is 2.30. The van der Waals surface area contributed by atoms with E-state index in [0.717, 1.165) is 0 Å². The van der Waals surface area contributed by atoms with Gasteiger partial charge in [0.15, 0.2) is 0 Å². The Morgan fingerprint density at radius 2 is 0.397 bits per heavy atom. The van der Waals surface area contributed by atoms with Gasteiger partial charge in [0, 0.05) is 5.75 Å². The van der Waals surface area contributed by atoms with Crippen LogP contribution in [0.4, 0.5) is 0 Å². The molecule has 0 radical (unpaired) electrons. The van der Waals surface area contributed by atoms with Crippen molar-refractivity contribution in [2.75, 3.05) is 0 Å². The maximum Gasteiger partial charge on any atom is 0.0166 e. The molecule has 0 unspecified atom stereocenters. The molecule has 7 rings (SSSR count). The maximum atomic E-state index is 5.46. The van der Waals surface area contributed by atoms with E-state index in [9.17, 15) is 0 Å². The quantitative estimate of drug-likeness (QED) is 0.0974. The minimum absolute atomic E-state index is 0.340. The molecule has 0 aliphatic heterocycles. The molecule has 0 fully saturated rings. The fourth-order valence-corrected chi connectivity index (χ4v) is 11.5. The van der Waals surface area contributed by atoms with Gasteiger partial charge in [0.1, 0.15) is 0 Å². The molecule has 0 amide bonds. The van der Waals surface area contributed by atoms with Gasteiger partial charge in [0.2, 0.25) is 0 Å². The van der Waals surface area contributed by atoms with Crippen LogP contribution in [0.25, 0.3) is 66.8 Å². The molecule has 0 aliphatic rings. The lowest BCUT2D eigenvalue weighted by Crippen LogP contribution is -2.06. The van der Waals surface area contributed by atoms with Gasteiger partial charge >= 0.3 is 0 Å². The standard InChI is InChI=1S/C67H80S/c1-39(2)47-24-17-25-48(40(3)4)62(47)57-34-22-35-58(63-49(41(5)6)26-18-27-50(63)42(7)8)66(57)55-32-21-33-56(61(55)38-68)67-59(64-51(43(9)10)28-19-29-52(64)44(11)12)36-23-37-60(67)65-53(45(13)14)30-20-31-54(65)46(15)16/h17-37,39-46,68H,38H2,1-16H3. The molecule has 0 spiro atoms. The molecule has 0 aliphatic carbocycles. The van der Waals surface area contributed by atoms with Crippen LogP contribution in [-0.4, -0.2) is 0 Å². The van der Waals surface area contributed by atoms with E-state index in [1.54, 1.807) is 0 Å². The number of hydrogen-bond donors (Lipinski definition) is 1. The van der Waals surface area contributed by atoms with Gasteiger partial charge in [-0.3, -0.25) is 0 Å². The molecule has 68 heavy (non-hydrogen) atoms. The van der Waals surface area contributed by atoms with Crippen LogP contribution in [0.2, 0.25) is 0 Å². The van der Waals surface area contributed by atoms with Crippen molar-refractivity contribution in [3.63, 3.8) is 0 Å². The molecular weight excluding hydrogens is 837 g/mol. The second-order valence-corrected chi connectivity index (χ2v) is 22.2. The van der Waals surface area contributed by atoms with Crippen LogP contribution in [0.1, 0.15) is 208 Å². The van der Waals surface area contributed by atoms with E-state index >= 15 is 0 Å². The van der Waals surface area contributed by atoms with Crippen molar-refractivity contribution in [1.29, 1.82) is 0 Å². The average molecular weight is 917 g/mol. The van der Waals surface area contributed by atoms with Crippen LogP contribution in [0.5, 0.6) is 0 Å². The zero-order valence-corrected chi connectivity index (χ0v) is 45.3. The van der Waals surface area contributed by atoms with E-state index in [0.29, 0.717) is 53.1 Å². The predicted molar refractivity (Wildman–Crippen MR) is 304 cm³/mol. The number of thiol groups is 1. The first-order valence-corrected chi connectivity index (χ1v) is 26.6. The highest BCUT2D eigenvalue weighted by Crippen LogP contribution is 2.53. The summed E-state index contributed by atoms with van der Waals surface area (Å²) in [6.45, 7) is 37.7. The summed E-state index contributed by atoms with van der Waals surface area (Å²) in [7, 11) is 0. The van der Waals surface area contributed by atoms with E-state index in [2.05, 4.69) is 238 Å². The molecule has 0 nitrogen and oxygen atoms in total. The highest BCUT2D eigenvalue weighted by atomic mass is 32.1. The summed E-state index contributed by atoms with van der Waals surface area (Å²) in [6.07, 6.45) is 0. The lowest BCUT2D eigenvalue weighted by atomic mass is 9.75. The second kappa shape index (κ2) is 21.3.